The van der Waals surface area contributed by atoms with Crippen LogP contribution in [-0.2, 0) is 9.59 Å². The predicted octanol–water partition coefficient (Wildman–Crippen LogP) is -0.436. The first-order valence-corrected chi connectivity index (χ1v) is 4.20. The second-order valence-electron chi connectivity index (χ2n) is 2.78. The van der Waals surface area contributed by atoms with Crippen LogP contribution in [0.2, 0.25) is 0 Å². The summed E-state index contributed by atoms with van der Waals surface area (Å²) in [5, 5.41) is 3.33. The largest absolute Gasteiger partial charge is 0.364 e. The molecule has 0 atom stereocenters. The van der Waals surface area contributed by atoms with E-state index in [4.69, 9.17) is 11.5 Å². The maximum absolute atomic E-state index is 13.1. The first-order valence-electron chi connectivity index (χ1n) is 4.20. The van der Waals surface area contributed by atoms with Gasteiger partial charge in [0.1, 0.15) is 5.82 Å². The fourth-order valence-corrected chi connectivity index (χ4v) is 0.900. The Balaban J connectivity index is 2.90. The molecule has 7 heteroatoms. The van der Waals surface area contributed by atoms with Crippen molar-refractivity contribution < 1.29 is 14.0 Å². The average Bonchev–Trinajstić information content (AvgIpc) is 2.20. The Kier molecular flexibility index (Phi) is 3.54. The number of hydrogen-bond donors (Lipinski definition) is 3. The number of hydrazone groups is 1. The summed E-state index contributed by atoms with van der Waals surface area (Å²) < 4.78 is 13.1. The summed E-state index contributed by atoms with van der Waals surface area (Å²) in [5.74, 6) is -2.76. The number of amides is 2. The van der Waals surface area contributed by atoms with Crippen molar-refractivity contribution in [2.24, 2.45) is 16.6 Å². The molecule has 0 saturated heterocycles. The Morgan fingerprint density at radius 3 is 2.25 bits per heavy atom. The van der Waals surface area contributed by atoms with Crippen molar-refractivity contribution in [1.82, 2.24) is 0 Å². The molecule has 1 aromatic rings. The topological polar surface area (TPSA) is 111 Å². The molecule has 2 amide bonds. The van der Waals surface area contributed by atoms with Crippen LogP contribution in [0.3, 0.4) is 0 Å². The van der Waals surface area contributed by atoms with Crippen molar-refractivity contribution in [3.63, 3.8) is 0 Å². The van der Waals surface area contributed by atoms with Crippen molar-refractivity contribution in [2.75, 3.05) is 5.43 Å². The average molecular weight is 224 g/mol. The van der Waals surface area contributed by atoms with Crippen molar-refractivity contribution in [3.05, 3.63) is 30.1 Å². The van der Waals surface area contributed by atoms with Gasteiger partial charge in [-0.3, -0.25) is 15.0 Å². The summed E-state index contributed by atoms with van der Waals surface area (Å²) in [6.45, 7) is 0. The summed E-state index contributed by atoms with van der Waals surface area (Å²) >= 11 is 0. The first-order chi connectivity index (χ1) is 7.52. The third-order valence-electron chi connectivity index (χ3n) is 1.63. The fraction of sp³-hybridized carbons (Fsp3) is 0. The fourth-order valence-electron chi connectivity index (χ4n) is 0.900. The lowest BCUT2D eigenvalue weighted by Crippen LogP contribution is -2.36. The Bertz CT molecular complexity index is 443. The highest BCUT2D eigenvalue weighted by Gasteiger charge is 2.14. The van der Waals surface area contributed by atoms with E-state index in [1.165, 1.54) is 18.2 Å². The van der Waals surface area contributed by atoms with Crippen LogP contribution in [0.25, 0.3) is 0 Å². The number of rotatable bonds is 4. The molecule has 16 heavy (non-hydrogen) atoms. The minimum Gasteiger partial charge on any atom is -0.364 e. The van der Waals surface area contributed by atoms with Crippen molar-refractivity contribution >= 4 is 23.2 Å². The second kappa shape index (κ2) is 4.87. The molecule has 0 aliphatic carbocycles. The zero-order valence-electron chi connectivity index (χ0n) is 8.11. The van der Waals surface area contributed by atoms with Gasteiger partial charge >= 0.3 is 0 Å². The molecule has 6 nitrogen and oxygen atoms in total. The van der Waals surface area contributed by atoms with E-state index in [0.717, 1.165) is 0 Å². The highest BCUT2D eigenvalue weighted by molar-refractivity contribution is 6.64. The molecule has 1 aromatic carbocycles. The molecule has 0 unspecified atom stereocenters. The van der Waals surface area contributed by atoms with Crippen molar-refractivity contribution in [2.45, 2.75) is 0 Å². The third kappa shape index (κ3) is 2.77. The minimum absolute atomic E-state index is 0.00231. The summed E-state index contributed by atoms with van der Waals surface area (Å²) in [6, 6.07) is 5.59. The zero-order valence-corrected chi connectivity index (χ0v) is 8.11. The molecule has 0 radical (unpaired) electrons. The number of para-hydroxylation sites is 1. The van der Waals surface area contributed by atoms with E-state index in [1.807, 2.05) is 0 Å². The number of carbonyl (C=O) groups excluding carboxylic acids is 2. The van der Waals surface area contributed by atoms with E-state index < -0.39 is 23.3 Å². The monoisotopic (exact) mass is 224 g/mol. The number of nitrogens with two attached hydrogens (primary N) is 2. The predicted molar refractivity (Wildman–Crippen MR) is 55.8 cm³/mol. The lowest BCUT2D eigenvalue weighted by Gasteiger charge is -2.02. The van der Waals surface area contributed by atoms with Crippen LogP contribution in [0.5, 0.6) is 0 Å². The molecule has 0 saturated carbocycles. The molecule has 0 aliphatic heterocycles. The lowest BCUT2D eigenvalue weighted by atomic mass is 10.3. The second-order valence-corrected chi connectivity index (χ2v) is 2.78. The SMILES string of the molecule is NC(=O)C(=NNc1ccccc1F)C(N)=O. The number of benzene rings is 1. The number of carbonyl (C=O) groups is 2. The van der Waals surface area contributed by atoms with E-state index >= 15 is 0 Å². The van der Waals surface area contributed by atoms with Gasteiger partial charge in [0.15, 0.2) is 0 Å². The maximum Gasteiger partial charge on any atom is 0.274 e. The summed E-state index contributed by atoms with van der Waals surface area (Å²) in [6.07, 6.45) is 0. The molecule has 5 N–H and O–H groups in total. The molecule has 84 valence electrons. The zero-order chi connectivity index (χ0) is 12.1. The number of nitrogens with zero attached hydrogens (tertiary/aromatic N) is 1. The van der Waals surface area contributed by atoms with Gasteiger partial charge in [-0.2, -0.15) is 5.10 Å². The minimum atomic E-state index is -1.09. The van der Waals surface area contributed by atoms with Crippen LogP contribution in [-0.4, -0.2) is 17.5 Å². The van der Waals surface area contributed by atoms with Crippen LogP contribution >= 0.6 is 0 Å². The lowest BCUT2D eigenvalue weighted by molar-refractivity contribution is -0.115. The molecule has 0 bridgehead atoms. The van der Waals surface area contributed by atoms with E-state index in [1.54, 1.807) is 6.07 Å². The smallest absolute Gasteiger partial charge is 0.274 e. The van der Waals surface area contributed by atoms with E-state index in [9.17, 15) is 14.0 Å². The van der Waals surface area contributed by atoms with Crippen molar-refractivity contribution in [3.8, 4) is 0 Å². The van der Waals surface area contributed by atoms with Gasteiger partial charge in [0, 0.05) is 0 Å². The Morgan fingerprint density at radius 1 is 1.19 bits per heavy atom. The van der Waals surface area contributed by atoms with Crippen LogP contribution < -0.4 is 16.9 Å². The van der Waals surface area contributed by atoms with Gasteiger partial charge in [0.05, 0.1) is 5.69 Å². The molecule has 1 rings (SSSR count). The van der Waals surface area contributed by atoms with E-state index in [0.29, 0.717) is 0 Å². The molecule has 0 spiro atoms. The highest BCUT2D eigenvalue weighted by atomic mass is 19.1. The van der Waals surface area contributed by atoms with E-state index in [-0.39, 0.29) is 5.69 Å². The van der Waals surface area contributed by atoms with Crippen molar-refractivity contribution in [1.29, 1.82) is 0 Å². The van der Waals surface area contributed by atoms with E-state index in [2.05, 4.69) is 10.5 Å². The van der Waals surface area contributed by atoms with Gasteiger partial charge < -0.3 is 11.5 Å². The number of primary amides is 2. The summed E-state index contributed by atoms with van der Waals surface area (Å²) in [5.41, 5.74) is 11.2. The van der Waals surface area contributed by atoms with Gasteiger partial charge in [-0.1, -0.05) is 12.1 Å². The number of halogens is 1. The van der Waals surface area contributed by atoms with Crippen LogP contribution in [0, 0.1) is 5.82 Å². The Hall–Kier alpha value is -2.44. The number of nitrogens with one attached hydrogen (secondary N) is 1. The normalized spacial score (nSPS) is 9.31. The van der Waals surface area contributed by atoms with Crippen LogP contribution in [0.15, 0.2) is 29.4 Å². The van der Waals surface area contributed by atoms with Crippen LogP contribution in [0.4, 0.5) is 10.1 Å². The Labute approximate surface area is 90.1 Å². The van der Waals surface area contributed by atoms with Gasteiger partial charge in [-0.15, -0.1) is 0 Å². The molecule has 0 heterocycles. The number of hydrogen-bond acceptors (Lipinski definition) is 4. The quantitative estimate of drug-likeness (QED) is 0.366. The molecule has 0 fully saturated rings. The van der Waals surface area contributed by atoms with Crippen LogP contribution in [0.1, 0.15) is 0 Å². The molecule has 0 aliphatic rings. The molecular weight excluding hydrogens is 215 g/mol. The highest BCUT2D eigenvalue weighted by Crippen LogP contribution is 2.11. The standard InChI is InChI=1S/C9H9FN4O2/c10-5-3-1-2-4-6(5)13-14-7(8(11)15)9(12)16/h1-4,13H,(H2,11,15)(H2,12,16). The third-order valence-corrected chi connectivity index (χ3v) is 1.63. The van der Waals surface area contributed by atoms with Gasteiger partial charge in [-0.05, 0) is 12.1 Å². The molecule has 0 aromatic heterocycles. The summed E-state index contributed by atoms with van der Waals surface area (Å²) in [4.78, 5) is 21.4. The van der Waals surface area contributed by atoms with Gasteiger partial charge in [0.25, 0.3) is 11.8 Å². The maximum atomic E-state index is 13.1. The first kappa shape index (κ1) is 11.6. The summed E-state index contributed by atoms with van der Waals surface area (Å²) in [7, 11) is 0. The Morgan fingerprint density at radius 2 is 1.75 bits per heavy atom. The molecular formula is C9H9FN4O2. The van der Waals surface area contributed by atoms with Gasteiger partial charge in [0.2, 0.25) is 5.71 Å². The number of anilines is 1. The van der Waals surface area contributed by atoms with Gasteiger partial charge in [-0.25, -0.2) is 4.39 Å².